The number of amides is 2. The van der Waals surface area contributed by atoms with E-state index in [0.29, 0.717) is 19.0 Å². The summed E-state index contributed by atoms with van der Waals surface area (Å²) in [6.45, 7) is 5.13. The lowest BCUT2D eigenvalue weighted by atomic mass is 10.2. The van der Waals surface area contributed by atoms with E-state index in [0.717, 1.165) is 0 Å². The van der Waals surface area contributed by atoms with Gasteiger partial charge in [0.25, 0.3) is 0 Å². The lowest BCUT2D eigenvalue weighted by Crippen LogP contribution is -2.40. The number of nitrogens with one attached hydrogen (secondary N) is 1. The van der Waals surface area contributed by atoms with Crippen LogP contribution in [0, 0.1) is 5.92 Å². The Morgan fingerprint density at radius 3 is 2.58 bits per heavy atom. The van der Waals surface area contributed by atoms with Crippen LogP contribution in [0.5, 0.6) is 0 Å². The van der Waals surface area contributed by atoms with Crippen LogP contribution in [0.4, 0.5) is 4.79 Å². The van der Waals surface area contributed by atoms with Crippen molar-refractivity contribution < 1.29 is 9.90 Å². The maximum Gasteiger partial charge on any atom is 0.317 e. The third-order valence-electron chi connectivity index (χ3n) is 1.44. The molecule has 4 heteroatoms. The highest BCUT2D eigenvalue weighted by atomic mass is 16.3. The fourth-order valence-electron chi connectivity index (χ4n) is 0.678. The maximum atomic E-state index is 11.1. The topological polar surface area (TPSA) is 52.6 Å². The third-order valence-corrected chi connectivity index (χ3v) is 1.44. The minimum Gasteiger partial charge on any atom is -0.395 e. The molecule has 0 spiro atoms. The van der Waals surface area contributed by atoms with E-state index < -0.39 is 0 Å². The first kappa shape index (κ1) is 11.2. The van der Waals surface area contributed by atoms with Crippen molar-refractivity contribution in [1.82, 2.24) is 10.2 Å². The number of carbonyl (C=O) groups excluding carboxylic acids is 1. The predicted molar refractivity (Wildman–Crippen MR) is 48.0 cm³/mol. The van der Waals surface area contributed by atoms with E-state index in [4.69, 9.17) is 5.11 Å². The number of rotatable bonds is 4. The second-order valence-electron chi connectivity index (χ2n) is 3.23. The van der Waals surface area contributed by atoms with Crippen LogP contribution in [-0.2, 0) is 0 Å². The standard InChI is InChI=1S/C8H18N2O2/c1-7(2)6-9-8(12)10(3)4-5-11/h7,11H,4-6H2,1-3H3,(H,9,12). The van der Waals surface area contributed by atoms with Gasteiger partial charge < -0.3 is 15.3 Å². The van der Waals surface area contributed by atoms with Gasteiger partial charge in [0.15, 0.2) is 0 Å². The maximum absolute atomic E-state index is 11.1. The van der Waals surface area contributed by atoms with E-state index >= 15 is 0 Å². The molecule has 72 valence electrons. The number of hydrogen-bond acceptors (Lipinski definition) is 2. The first-order chi connectivity index (χ1) is 5.57. The molecule has 4 nitrogen and oxygen atoms in total. The van der Waals surface area contributed by atoms with Crippen molar-refractivity contribution in [3.63, 3.8) is 0 Å². The zero-order valence-corrected chi connectivity index (χ0v) is 8.00. The Morgan fingerprint density at radius 1 is 1.58 bits per heavy atom. The van der Waals surface area contributed by atoms with Gasteiger partial charge in [0, 0.05) is 20.1 Å². The highest BCUT2D eigenvalue weighted by Crippen LogP contribution is 1.89. The largest absolute Gasteiger partial charge is 0.395 e. The van der Waals surface area contributed by atoms with Gasteiger partial charge in [-0.1, -0.05) is 13.8 Å². The van der Waals surface area contributed by atoms with Crippen molar-refractivity contribution in [2.24, 2.45) is 5.92 Å². The van der Waals surface area contributed by atoms with Gasteiger partial charge >= 0.3 is 6.03 Å². The molecule has 0 aliphatic heterocycles. The molecule has 0 unspecified atom stereocenters. The highest BCUT2D eigenvalue weighted by molar-refractivity contribution is 5.73. The number of likely N-dealkylation sites (N-methyl/N-ethyl adjacent to an activating group) is 1. The molecule has 2 amide bonds. The number of hydrogen-bond donors (Lipinski definition) is 2. The molecule has 0 saturated carbocycles. The lowest BCUT2D eigenvalue weighted by molar-refractivity contribution is 0.189. The van der Waals surface area contributed by atoms with Gasteiger partial charge in [-0.2, -0.15) is 0 Å². The van der Waals surface area contributed by atoms with Crippen LogP contribution in [0.2, 0.25) is 0 Å². The summed E-state index contributed by atoms with van der Waals surface area (Å²) in [5, 5.41) is 11.3. The van der Waals surface area contributed by atoms with Crippen LogP contribution in [0.1, 0.15) is 13.8 Å². The average Bonchev–Trinajstić information content (AvgIpc) is 2.00. The fraction of sp³-hybridized carbons (Fsp3) is 0.875. The molecule has 0 aliphatic rings. The van der Waals surface area contributed by atoms with Crippen molar-refractivity contribution in [3.05, 3.63) is 0 Å². The Hall–Kier alpha value is -0.770. The summed E-state index contributed by atoms with van der Waals surface area (Å²) in [5.41, 5.74) is 0. The summed E-state index contributed by atoms with van der Waals surface area (Å²) < 4.78 is 0. The van der Waals surface area contributed by atoms with E-state index in [2.05, 4.69) is 5.32 Å². The smallest absolute Gasteiger partial charge is 0.317 e. The van der Waals surface area contributed by atoms with E-state index in [1.54, 1.807) is 7.05 Å². The first-order valence-corrected chi connectivity index (χ1v) is 4.17. The fourth-order valence-corrected chi connectivity index (χ4v) is 0.678. The highest BCUT2D eigenvalue weighted by Gasteiger charge is 2.06. The molecule has 12 heavy (non-hydrogen) atoms. The molecule has 0 bridgehead atoms. The van der Waals surface area contributed by atoms with Crippen LogP contribution in [0.25, 0.3) is 0 Å². The van der Waals surface area contributed by atoms with Gasteiger partial charge in [-0.15, -0.1) is 0 Å². The molecule has 0 radical (unpaired) electrons. The second kappa shape index (κ2) is 5.83. The van der Waals surface area contributed by atoms with Gasteiger partial charge in [0.05, 0.1) is 6.61 Å². The summed E-state index contributed by atoms with van der Waals surface area (Å²) in [7, 11) is 1.66. The Labute approximate surface area is 73.6 Å². The Morgan fingerprint density at radius 2 is 2.17 bits per heavy atom. The second-order valence-corrected chi connectivity index (χ2v) is 3.23. The summed E-state index contributed by atoms with van der Waals surface area (Å²) in [4.78, 5) is 12.6. The van der Waals surface area contributed by atoms with Crippen molar-refractivity contribution in [2.75, 3.05) is 26.7 Å². The van der Waals surface area contributed by atoms with Crippen molar-refractivity contribution >= 4 is 6.03 Å². The van der Waals surface area contributed by atoms with Gasteiger partial charge in [0.1, 0.15) is 0 Å². The predicted octanol–water partition coefficient (Wildman–Crippen LogP) is 0.276. The molecule has 0 atom stereocenters. The Bertz CT molecular complexity index is 137. The van der Waals surface area contributed by atoms with E-state index in [9.17, 15) is 4.79 Å². The summed E-state index contributed by atoms with van der Waals surface area (Å²) >= 11 is 0. The van der Waals surface area contributed by atoms with E-state index in [-0.39, 0.29) is 12.6 Å². The van der Waals surface area contributed by atoms with Crippen LogP contribution >= 0.6 is 0 Å². The summed E-state index contributed by atoms with van der Waals surface area (Å²) in [5.74, 6) is 0.455. The quantitative estimate of drug-likeness (QED) is 0.643. The molecule has 0 heterocycles. The summed E-state index contributed by atoms with van der Waals surface area (Å²) in [6, 6.07) is -0.127. The molecule has 0 saturated heterocycles. The van der Waals surface area contributed by atoms with Crippen LogP contribution in [0.3, 0.4) is 0 Å². The molecule has 0 aliphatic carbocycles. The van der Waals surface area contributed by atoms with Crippen molar-refractivity contribution in [2.45, 2.75) is 13.8 Å². The minimum atomic E-state index is -0.127. The Kier molecular flexibility index (Phi) is 5.45. The molecule has 0 fully saturated rings. The zero-order valence-electron chi connectivity index (χ0n) is 8.00. The molecule has 0 aromatic carbocycles. The van der Waals surface area contributed by atoms with Crippen molar-refractivity contribution in [1.29, 1.82) is 0 Å². The van der Waals surface area contributed by atoms with Crippen LogP contribution in [-0.4, -0.2) is 42.8 Å². The lowest BCUT2D eigenvalue weighted by Gasteiger charge is -2.17. The Balaban J connectivity index is 3.57. The molecule has 0 aromatic rings. The summed E-state index contributed by atoms with van der Waals surface area (Å²) in [6.07, 6.45) is 0. The van der Waals surface area contributed by atoms with Gasteiger partial charge in [0.2, 0.25) is 0 Å². The molecule has 2 N–H and O–H groups in total. The third kappa shape index (κ3) is 4.96. The van der Waals surface area contributed by atoms with Gasteiger partial charge in [-0.3, -0.25) is 0 Å². The normalized spacial score (nSPS) is 10.1. The number of nitrogens with zero attached hydrogens (tertiary/aromatic N) is 1. The van der Waals surface area contributed by atoms with Crippen LogP contribution in [0.15, 0.2) is 0 Å². The van der Waals surface area contributed by atoms with Crippen LogP contribution < -0.4 is 5.32 Å². The van der Waals surface area contributed by atoms with Gasteiger partial charge in [-0.25, -0.2) is 4.79 Å². The molecular weight excluding hydrogens is 156 g/mol. The SMILES string of the molecule is CC(C)CNC(=O)N(C)CCO. The van der Waals surface area contributed by atoms with Gasteiger partial charge in [-0.05, 0) is 5.92 Å². The number of urea groups is 1. The monoisotopic (exact) mass is 174 g/mol. The average molecular weight is 174 g/mol. The van der Waals surface area contributed by atoms with Crippen molar-refractivity contribution in [3.8, 4) is 0 Å². The number of aliphatic hydroxyl groups is 1. The molecular formula is C8H18N2O2. The molecule has 0 rings (SSSR count). The van der Waals surface area contributed by atoms with E-state index in [1.807, 2.05) is 13.8 Å². The minimum absolute atomic E-state index is 0.00555. The molecule has 0 aromatic heterocycles. The number of aliphatic hydroxyl groups excluding tert-OH is 1. The first-order valence-electron chi connectivity index (χ1n) is 4.17. The van der Waals surface area contributed by atoms with E-state index in [1.165, 1.54) is 4.90 Å². The number of carbonyl (C=O) groups is 1. The zero-order chi connectivity index (χ0) is 9.56.